The minimum Gasteiger partial charge on any atom is -0.504 e. The van der Waals surface area contributed by atoms with Crippen molar-refractivity contribution in [2.24, 2.45) is 5.92 Å². The number of unbranched alkanes of at least 4 members (excludes halogenated alkanes) is 2. The number of hydrogen-bond donors (Lipinski definition) is 1. The molecule has 0 fully saturated rings. The van der Waals surface area contributed by atoms with E-state index in [2.05, 4.69) is 13.8 Å². The van der Waals surface area contributed by atoms with E-state index >= 15 is 0 Å². The molecule has 0 spiro atoms. The Labute approximate surface area is 127 Å². The molecule has 0 heterocycles. The van der Waals surface area contributed by atoms with Crippen molar-refractivity contribution in [2.45, 2.75) is 52.6 Å². The molecule has 0 unspecified atom stereocenters. The van der Waals surface area contributed by atoms with Gasteiger partial charge in [-0.3, -0.25) is 4.79 Å². The molecule has 0 radical (unpaired) electrons. The van der Waals surface area contributed by atoms with Gasteiger partial charge in [0, 0.05) is 6.42 Å². The first-order valence-electron chi connectivity index (χ1n) is 7.54. The Balaban J connectivity index is 2.22. The summed E-state index contributed by atoms with van der Waals surface area (Å²) in [5.74, 6) is 1.00. The first-order chi connectivity index (χ1) is 10.0. The second-order valence-electron chi connectivity index (χ2n) is 5.66. The minimum absolute atomic E-state index is 0.0553. The molecular formula is C17H26O4. The number of aromatic hydroxyl groups is 1. The van der Waals surface area contributed by atoms with Gasteiger partial charge in [0.2, 0.25) is 0 Å². The minimum atomic E-state index is -0.185. The summed E-state index contributed by atoms with van der Waals surface area (Å²) in [5, 5.41) is 9.64. The fourth-order valence-electron chi connectivity index (χ4n) is 2.06. The Morgan fingerprint density at radius 2 is 2.00 bits per heavy atom. The van der Waals surface area contributed by atoms with Crippen molar-refractivity contribution in [1.82, 2.24) is 0 Å². The molecule has 0 saturated heterocycles. The third-order valence-electron chi connectivity index (χ3n) is 3.31. The Kier molecular flexibility index (Phi) is 7.65. The van der Waals surface area contributed by atoms with Gasteiger partial charge in [-0.15, -0.1) is 0 Å². The lowest BCUT2D eigenvalue weighted by Gasteiger charge is -2.08. The highest BCUT2D eigenvalue weighted by Gasteiger charge is 2.06. The molecule has 1 rings (SSSR count). The molecule has 118 valence electrons. The Hall–Kier alpha value is -1.71. The monoisotopic (exact) mass is 294 g/mol. The number of rotatable bonds is 9. The molecule has 4 heteroatoms. The topological polar surface area (TPSA) is 55.8 Å². The lowest BCUT2D eigenvalue weighted by Crippen LogP contribution is -2.04. The molecule has 0 aliphatic rings. The third kappa shape index (κ3) is 7.02. The Bertz CT molecular complexity index is 440. The van der Waals surface area contributed by atoms with Crippen LogP contribution in [-0.4, -0.2) is 18.2 Å². The molecule has 1 N–H and O–H groups in total. The van der Waals surface area contributed by atoms with Gasteiger partial charge in [0.05, 0.1) is 7.11 Å². The Morgan fingerprint density at radius 3 is 2.62 bits per heavy atom. The van der Waals surface area contributed by atoms with Gasteiger partial charge in [0.25, 0.3) is 0 Å². The fraction of sp³-hybridized carbons (Fsp3) is 0.588. The van der Waals surface area contributed by atoms with Crippen LogP contribution in [0.25, 0.3) is 0 Å². The maximum Gasteiger partial charge on any atom is 0.306 e. The zero-order valence-electron chi connectivity index (χ0n) is 13.2. The molecule has 0 aliphatic carbocycles. The normalized spacial score (nSPS) is 10.7. The molecule has 21 heavy (non-hydrogen) atoms. The summed E-state index contributed by atoms with van der Waals surface area (Å²) in [6.45, 7) is 4.60. The number of methoxy groups -OCH3 is 1. The van der Waals surface area contributed by atoms with Gasteiger partial charge >= 0.3 is 5.97 Å². The van der Waals surface area contributed by atoms with Crippen LogP contribution in [0.4, 0.5) is 0 Å². The van der Waals surface area contributed by atoms with Crippen molar-refractivity contribution in [3.05, 3.63) is 23.8 Å². The summed E-state index contributed by atoms with van der Waals surface area (Å²) < 4.78 is 10.2. The number of ether oxygens (including phenoxy) is 2. The van der Waals surface area contributed by atoms with Gasteiger partial charge < -0.3 is 14.6 Å². The number of esters is 1. The molecule has 1 aromatic carbocycles. The van der Waals surface area contributed by atoms with Crippen LogP contribution in [0.3, 0.4) is 0 Å². The van der Waals surface area contributed by atoms with Crippen LogP contribution in [-0.2, 0) is 16.1 Å². The zero-order valence-corrected chi connectivity index (χ0v) is 13.2. The van der Waals surface area contributed by atoms with Crippen LogP contribution in [0, 0.1) is 5.92 Å². The fourth-order valence-corrected chi connectivity index (χ4v) is 2.06. The highest BCUT2D eigenvalue weighted by molar-refractivity contribution is 5.69. The van der Waals surface area contributed by atoms with E-state index in [0.29, 0.717) is 12.2 Å². The molecular weight excluding hydrogens is 268 g/mol. The van der Waals surface area contributed by atoms with Crippen molar-refractivity contribution in [3.8, 4) is 11.5 Å². The highest BCUT2D eigenvalue weighted by Crippen LogP contribution is 2.26. The smallest absolute Gasteiger partial charge is 0.306 e. The summed E-state index contributed by atoms with van der Waals surface area (Å²) >= 11 is 0. The van der Waals surface area contributed by atoms with Crippen molar-refractivity contribution < 1.29 is 19.4 Å². The summed E-state index contributed by atoms with van der Waals surface area (Å²) in [7, 11) is 1.49. The second kappa shape index (κ2) is 9.27. The highest BCUT2D eigenvalue weighted by atomic mass is 16.5. The quantitative estimate of drug-likeness (QED) is 0.551. The molecule has 4 nitrogen and oxygen atoms in total. The van der Waals surface area contributed by atoms with E-state index in [1.807, 2.05) is 0 Å². The van der Waals surface area contributed by atoms with E-state index in [9.17, 15) is 9.90 Å². The molecule has 0 aromatic heterocycles. The Morgan fingerprint density at radius 1 is 1.24 bits per heavy atom. The predicted octanol–water partition coefficient (Wildman–Crippen LogP) is 4.05. The average Bonchev–Trinajstić information content (AvgIpc) is 2.44. The van der Waals surface area contributed by atoms with Crippen LogP contribution >= 0.6 is 0 Å². The van der Waals surface area contributed by atoms with Crippen molar-refractivity contribution in [3.63, 3.8) is 0 Å². The van der Waals surface area contributed by atoms with E-state index in [-0.39, 0.29) is 18.3 Å². The third-order valence-corrected chi connectivity index (χ3v) is 3.31. The van der Waals surface area contributed by atoms with Gasteiger partial charge in [-0.25, -0.2) is 0 Å². The number of phenolic OH excluding ortho intramolecular Hbond substituents is 1. The predicted molar refractivity (Wildman–Crippen MR) is 82.4 cm³/mol. The molecule has 0 saturated carbocycles. The van der Waals surface area contributed by atoms with Gasteiger partial charge in [-0.1, -0.05) is 39.2 Å². The van der Waals surface area contributed by atoms with Gasteiger partial charge in [0.1, 0.15) is 6.61 Å². The summed E-state index contributed by atoms with van der Waals surface area (Å²) in [5.41, 5.74) is 0.751. The number of benzene rings is 1. The molecule has 0 aliphatic heterocycles. The second-order valence-corrected chi connectivity index (χ2v) is 5.66. The van der Waals surface area contributed by atoms with Gasteiger partial charge in [-0.2, -0.15) is 0 Å². The lowest BCUT2D eigenvalue weighted by atomic mass is 10.0. The summed E-state index contributed by atoms with van der Waals surface area (Å²) in [4.78, 5) is 11.6. The SMILES string of the molecule is COc1ccc(COC(=O)CCCCCC(C)C)cc1O. The van der Waals surface area contributed by atoms with Crippen molar-refractivity contribution >= 4 is 5.97 Å². The van der Waals surface area contributed by atoms with Crippen LogP contribution in [0.2, 0.25) is 0 Å². The molecule has 1 aromatic rings. The average molecular weight is 294 g/mol. The summed E-state index contributed by atoms with van der Waals surface area (Å²) in [6, 6.07) is 4.98. The van der Waals surface area contributed by atoms with Crippen LogP contribution < -0.4 is 4.74 Å². The molecule has 0 bridgehead atoms. The summed E-state index contributed by atoms with van der Waals surface area (Å²) in [6.07, 6.45) is 4.77. The van der Waals surface area contributed by atoms with E-state index in [4.69, 9.17) is 9.47 Å². The van der Waals surface area contributed by atoms with Crippen LogP contribution in [0.5, 0.6) is 11.5 Å². The van der Waals surface area contributed by atoms with E-state index in [1.54, 1.807) is 18.2 Å². The number of carbonyl (C=O) groups is 1. The van der Waals surface area contributed by atoms with Crippen LogP contribution in [0.1, 0.15) is 51.5 Å². The van der Waals surface area contributed by atoms with E-state index < -0.39 is 0 Å². The number of hydrogen-bond acceptors (Lipinski definition) is 4. The zero-order chi connectivity index (χ0) is 15.7. The first kappa shape index (κ1) is 17.3. The maximum absolute atomic E-state index is 11.6. The van der Waals surface area contributed by atoms with Gasteiger partial charge in [-0.05, 0) is 30.0 Å². The standard InChI is InChI=1S/C17H26O4/c1-13(2)7-5-4-6-8-17(19)21-12-14-9-10-16(20-3)15(18)11-14/h9-11,13,18H,4-8,12H2,1-3H3. The first-order valence-corrected chi connectivity index (χ1v) is 7.54. The van der Waals surface area contributed by atoms with E-state index in [0.717, 1.165) is 30.7 Å². The number of phenols is 1. The molecule has 0 atom stereocenters. The lowest BCUT2D eigenvalue weighted by molar-refractivity contribution is -0.145. The molecule has 0 amide bonds. The van der Waals surface area contributed by atoms with Crippen molar-refractivity contribution in [2.75, 3.05) is 7.11 Å². The van der Waals surface area contributed by atoms with Crippen LogP contribution in [0.15, 0.2) is 18.2 Å². The van der Waals surface area contributed by atoms with E-state index in [1.165, 1.54) is 13.5 Å². The van der Waals surface area contributed by atoms with Crippen molar-refractivity contribution in [1.29, 1.82) is 0 Å². The number of carbonyl (C=O) groups excluding carboxylic acids is 1. The van der Waals surface area contributed by atoms with Gasteiger partial charge in [0.15, 0.2) is 11.5 Å². The maximum atomic E-state index is 11.6. The largest absolute Gasteiger partial charge is 0.504 e.